The van der Waals surface area contributed by atoms with Crippen molar-refractivity contribution in [1.29, 1.82) is 0 Å². The lowest BCUT2D eigenvalue weighted by Gasteiger charge is -2.21. The first-order valence-electron chi connectivity index (χ1n) is 7.10. The van der Waals surface area contributed by atoms with Gasteiger partial charge >= 0.3 is 0 Å². The Morgan fingerprint density at radius 1 is 1.09 bits per heavy atom. The molecule has 0 fully saturated rings. The minimum absolute atomic E-state index is 0.0509. The fourth-order valence-corrected chi connectivity index (χ4v) is 2.41. The number of likely N-dealkylation sites (N-methyl/N-ethyl adjacent to an activating group) is 1. The highest BCUT2D eigenvalue weighted by molar-refractivity contribution is 7.78. The molecule has 4 heteroatoms. The quantitative estimate of drug-likeness (QED) is 0.605. The summed E-state index contributed by atoms with van der Waals surface area (Å²) >= 11 is 4.69. The SMILES string of the molecule is CN(Cc1ccccc1)C(=O)C(Cc1ccccc1)N=C=S. The van der Waals surface area contributed by atoms with Crippen LogP contribution < -0.4 is 0 Å². The molecule has 0 radical (unpaired) electrons. The number of amides is 1. The number of carbonyl (C=O) groups is 1. The van der Waals surface area contributed by atoms with Gasteiger partial charge in [0.05, 0.1) is 5.16 Å². The third kappa shape index (κ3) is 4.62. The molecule has 0 aliphatic carbocycles. The molecule has 0 saturated heterocycles. The fraction of sp³-hybridized carbons (Fsp3) is 0.222. The molecular weight excluding hydrogens is 292 g/mol. The van der Waals surface area contributed by atoms with E-state index in [-0.39, 0.29) is 5.91 Å². The lowest BCUT2D eigenvalue weighted by Crippen LogP contribution is -2.36. The zero-order chi connectivity index (χ0) is 15.8. The number of hydrogen-bond donors (Lipinski definition) is 0. The number of rotatable bonds is 6. The molecule has 0 aromatic heterocycles. The summed E-state index contributed by atoms with van der Waals surface area (Å²) in [4.78, 5) is 18.3. The summed E-state index contributed by atoms with van der Waals surface area (Å²) in [6, 6.07) is 19.2. The largest absolute Gasteiger partial charge is 0.340 e. The van der Waals surface area contributed by atoms with Crippen LogP contribution in [-0.2, 0) is 17.8 Å². The van der Waals surface area contributed by atoms with Gasteiger partial charge in [-0.05, 0) is 23.3 Å². The highest BCUT2D eigenvalue weighted by atomic mass is 32.1. The van der Waals surface area contributed by atoms with Crippen LogP contribution in [0.15, 0.2) is 65.7 Å². The Bertz CT molecular complexity index is 651. The number of aliphatic imine (C=N–C) groups is 1. The van der Waals surface area contributed by atoms with Gasteiger partial charge in [0.2, 0.25) is 5.91 Å². The van der Waals surface area contributed by atoms with Gasteiger partial charge in [0.15, 0.2) is 0 Å². The second-order valence-corrected chi connectivity index (χ2v) is 5.29. The molecule has 0 saturated carbocycles. The van der Waals surface area contributed by atoms with Gasteiger partial charge in [-0.2, -0.15) is 0 Å². The summed E-state index contributed by atoms with van der Waals surface area (Å²) in [5.74, 6) is -0.0509. The Balaban J connectivity index is 2.07. The number of isothiocyanates is 1. The number of thiocarbonyl (C=S) groups is 1. The lowest BCUT2D eigenvalue weighted by molar-refractivity contribution is -0.131. The van der Waals surface area contributed by atoms with E-state index in [4.69, 9.17) is 12.2 Å². The molecule has 112 valence electrons. The highest BCUT2D eigenvalue weighted by Gasteiger charge is 2.21. The molecule has 0 heterocycles. The molecular formula is C18H18N2OS. The van der Waals surface area contributed by atoms with Crippen LogP contribution in [0.25, 0.3) is 0 Å². The van der Waals surface area contributed by atoms with Gasteiger partial charge in [-0.25, -0.2) is 4.99 Å². The summed E-state index contributed by atoms with van der Waals surface area (Å²) in [6.07, 6.45) is 0.530. The zero-order valence-corrected chi connectivity index (χ0v) is 13.3. The van der Waals surface area contributed by atoms with Crippen molar-refractivity contribution >= 4 is 23.3 Å². The standard InChI is InChI=1S/C18H18N2OS/c1-20(13-16-10-6-3-7-11-16)18(21)17(19-14-22)12-15-8-4-2-5-9-15/h2-11,17H,12-13H2,1H3. The predicted octanol–water partition coefficient (Wildman–Crippen LogP) is 3.36. The molecule has 22 heavy (non-hydrogen) atoms. The third-order valence-electron chi connectivity index (χ3n) is 3.40. The van der Waals surface area contributed by atoms with Gasteiger partial charge in [-0.15, -0.1) is 0 Å². The van der Waals surface area contributed by atoms with Gasteiger partial charge in [0.1, 0.15) is 6.04 Å². The Morgan fingerprint density at radius 2 is 1.64 bits per heavy atom. The van der Waals surface area contributed by atoms with Gasteiger partial charge in [0, 0.05) is 20.0 Å². The van der Waals surface area contributed by atoms with Crippen LogP contribution in [0.5, 0.6) is 0 Å². The maximum absolute atomic E-state index is 12.6. The average molecular weight is 310 g/mol. The molecule has 2 rings (SSSR count). The van der Waals surface area contributed by atoms with E-state index in [0.29, 0.717) is 13.0 Å². The van der Waals surface area contributed by atoms with Crippen molar-refractivity contribution in [3.05, 3.63) is 71.8 Å². The van der Waals surface area contributed by atoms with Gasteiger partial charge < -0.3 is 4.90 Å². The fourth-order valence-electron chi connectivity index (χ4n) is 2.28. The lowest BCUT2D eigenvalue weighted by atomic mass is 10.1. The smallest absolute Gasteiger partial charge is 0.248 e. The van der Waals surface area contributed by atoms with Crippen molar-refractivity contribution in [1.82, 2.24) is 4.90 Å². The Hall–Kier alpha value is -2.29. The monoisotopic (exact) mass is 310 g/mol. The maximum Gasteiger partial charge on any atom is 0.248 e. The van der Waals surface area contributed by atoms with Crippen LogP contribution in [0, 0.1) is 0 Å². The zero-order valence-electron chi connectivity index (χ0n) is 12.5. The Kier molecular flexibility index (Phi) is 6.01. The second-order valence-electron chi connectivity index (χ2n) is 5.11. The van der Waals surface area contributed by atoms with Crippen molar-refractivity contribution in [2.24, 2.45) is 4.99 Å². The van der Waals surface area contributed by atoms with Crippen LogP contribution in [-0.4, -0.2) is 29.1 Å². The minimum Gasteiger partial charge on any atom is -0.340 e. The average Bonchev–Trinajstić information content (AvgIpc) is 2.55. The van der Waals surface area contributed by atoms with Crippen LogP contribution in [0.3, 0.4) is 0 Å². The van der Waals surface area contributed by atoms with Crippen molar-refractivity contribution < 1.29 is 4.79 Å². The summed E-state index contributed by atoms with van der Waals surface area (Å²) in [5, 5.41) is 2.35. The Morgan fingerprint density at radius 3 is 2.18 bits per heavy atom. The third-order valence-corrected chi connectivity index (χ3v) is 3.51. The Labute approximate surface area is 136 Å². The van der Waals surface area contributed by atoms with Crippen LogP contribution in [0.1, 0.15) is 11.1 Å². The second kappa shape index (κ2) is 8.23. The van der Waals surface area contributed by atoms with Crippen LogP contribution in [0.4, 0.5) is 0 Å². The molecule has 0 bridgehead atoms. The number of benzene rings is 2. The van der Waals surface area contributed by atoms with E-state index in [2.05, 4.69) is 10.2 Å². The maximum atomic E-state index is 12.6. The van der Waals surface area contributed by atoms with Crippen molar-refractivity contribution in [2.75, 3.05) is 7.05 Å². The normalized spacial score (nSPS) is 11.3. The van der Waals surface area contributed by atoms with E-state index in [1.165, 1.54) is 0 Å². The van der Waals surface area contributed by atoms with Crippen molar-refractivity contribution in [3.8, 4) is 0 Å². The molecule has 1 unspecified atom stereocenters. The summed E-state index contributed by atoms with van der Waals surface area (Å²) in [5.41, 5.74) is 2.14. The van der Waals surface area contributed by atoms with E-state index < -0.39 is 6.04 Å². The van der Waals surface area contributed by atoms with Gasteiger partial charge in [0.25, 0.3) is 0 Å². The van der Waals surface area contributed by atoms with E-state index in [1.807, 2.05) is 60.7 Å². The van der Waals surface area contributed by atoms with Crippen LogP contribution >= 0.6 is 12.2 Å². The van der Waals surface area contributed by atoms with E-state index in [9.17, 15) is 4.79 Å². The number of hydrogen-bond acceptors (Lipinski definition) is 3. The highest BCUT2D eigenvalue weighted by Crippen LogP contribution is 2.10. The number of carbonyl (C=O) groups excluding carboxylic acids is 1. The molecule has 0 aliphatic heterocycles. The molecule has 2 aromatic rings. The molecule has 3 nitrogen and oxygen atoms in total. The molecule has 0 spiro atoms. The first-order chi connectivity index (χ1) is 10.7. The first kappa shape index (κ1) is 16.1. The molecule has 1 atom stereocenters. The van der Waals surface area contributed by atoms with Crippen LogP contribution in [0.2, 0.25) is 0 Å². The van der Waals surface area contributed by atoms with Crippen molar-refractivity contribution in [3.63, 3.8) is 0 Å². The topological polar surface area (TPSA) is 32.7 Å². The number of nitrogens with zero attached hydrogens (tertiary/aromatic N) is 2. The summed E-state index contributed by atoms with van der Waals surface area (Å²) in [6.45, 7) is 0.553. The molecule has 2 aromatic carbocycles. The predicted molar refractivity (Wildman–Crippen MR) is 91.9 cm³/mol. The minimum atomic E-state index is -0.520. The van der Waals surface area contributed by atoms with E-state index in [1.54, 1.807) is 11.9 Å². The summed E-state index contributed by atoms with van der Waals surface area (Å²) < 4.78 is 0. The van der Waals surface area contributed by atoms with Gasteiger partial charge in [-0.3, -0.25) is 4.79 Å². The van der Waals surface area contributed by atoms with E-state index in [0.717, 1.165) is 11.1 Å². The first-order valence-corrected chi connectivity index (χ1v) is 7.51. The van der Waals surface area contributed by atoms with Crippen molar-refractivity contribution in [2.45, 2.75) is 19.0 Å². The van der Waals surface area contributed by atoms with Gasteiger partial charge in [-0.1, -0.05) is 60.7 Å². The summed E-state index contributed by atoms with van der Waals surface area (Å²) in [7, 11) is 1.78. The molecule has 0 aliphatic rings. The molecule has 0 N–H and O–H groups in total. The molecule has 1 amide bonds. The van der Waals surface area contributed by atoms with E-state index >= 15 is 0 Å².